The van der Waals surface area contributed by atoms with Gasteiger partial charge in [0, 0.05) is 12.3 Å². The van der Waals surface area contributed by atoms with Crippen molar-refractivity contribution in [2.45, 2.75) is 19.4 Å². The summed E-state index contributed by atoms with van der Waals surface area (Å²) in [5, 5.41) is 3.68. The highest BCUT2D eigenvalue weighted by Crippen LogP contribution is 2.30. The maximum atomic E-state index is 14.5. The first-order valence-corrected chi connectivity index (χ1v) is 7.04. The first-order valence-electron chi connectivity index (χ1n) is 7.04. The van der Waals surface area contributed by atoms with E-state index >= 15 is 0 Å². The van der Waals surface area contributed by atoms with Crippen molar-refractivity contribution in [2.24, 2.45) is 11.1 Å². The zero-order valence-electron chi connectivity index (χ0n) is 11.7. The topological polar surface area (TPSA) is 21.6 Å². The fraction of sp³-hybridized carbons (Fsp3) is 0.235. The van der Waals surface area contributed by atoms with E-state index in [-0.39, 0.29) is 17.7 Å². The van der Waals surface area contributed by atoms with Gasteiger partial charge in [0.25, 0.3) is 0 Å². The highest BCUT2D eigenvalue weighted by molar-refractivity contribution is 5.66. The normalized spacial score (nSPS) is 14.5. The quantitative estimate of drug-likeness (QED) is 0.580. The smallest absolute Gasteiger partial charge is 0.148 e. The summed E-state index contributed by atoms with van der Waals surface area (Å²) in [5.74, 6) is -2.46. The molecule has 0 bridgehead atoms. The molecule has 22 heavy (non-hydrogen) atoms. The van der Waals surface area contributed by atoms with Crippen molar-refractivity contribution in [2.75, 3.05) is 0 Å². The number of halogens is 3. The molecular weight excluding hydrogens is 291 g/mol. The fourth-order valence-electron chi connectivity index (χ4n) is 2.11. The molecule has 1 saturated carbocycles. The van der Waals surface area contributed by atoms with Crippen molar-refractivity contribution in [3.8, 4) is 11.1 Å². The van der Waals surface area contributed by atoms with Crippen molar-refractivity contribution in [3.63, 3.8) is 0 Å². The number of benzene rings is 2. The molecule has 3 rings (SSSR count). The molecule has 0 aliphatic heterocycles. The van der Waals surface area contributed by atoms with Crippen LogP contribution in [0.25, 0.3) is 11.1 Å². The first kappa shape index (κ1) is 14.6. The van der Waals surface area contributed by atoms with Crippen molar-refractivity contribution in [3.05, 3.63) is 59.4 Å². The predicted molar refractivity (Wildman–Crippen MR) is 77.8 cm³/mol. The minimum absolute atomic E-state index is 0.258. The maximum Gasteiger partial charge on any atom is 0.148 e. The molecule has 0 heterocycles. The second-order valence-electron chi connectivity index (χ2n) is 5.24. The van der Waals surface area contributed by atoms with Gasteiger partial charge in [0.15, 0.2) is 0 Å². The second kappa shape index (κ2) is 6.22. The summed E-state index contributed by atoms with van der Waals surface area (Å²) < 4.78 is 42.2. The van der Waals surface area contributed by atoms with Crippen molar-refractivity contribution < 1.29 is 18.0 Å². The Morgan fingerprint density at radius 2 is 1.82 bits per heavy atom. The van der Waals surface area contributed by atoms with Crippen LogP contribution in [0.1, 0.15) is 18.4 Å². The molecule has 0 N–H and O–H groups in total. The largest absolute Gasteiger partial charge is 0.391 e. The van der Waals surface area contributed by atoms with Crippen LogP contribution in [-0.4, -0.2) is 6.21 Å². The lowest BCUT2D eigenvalue weighted by Gasteiger charge is -2.10. The standard InChI is InChI=1S/C17H14F3NO/c18-14-8-15(19)16(12-4-2-1-3-5-12)17(20)13(14)10-22-21-9-11-6-7-11/h1-5,8-9,11H,6-7,10H2. The van der Waals surface area contributed by atoms with Crippen LogP contribution in [0.15, 0.2) is 41.6 Å². The van der Waals surface area contributed by atoms with Gasteiger partial charge in [0.2, 0.25) is 0 Å². The van der Waals surface area contributed by atoms with Crippen LogP contribution in [-0.2, 0) is 11.4 Å². The number of oxime groups is 1. The van der Waals surface area contributed by atoms with Crippen LogP contribution in [0.2, 0.25) is 0 Å². The van der Waals surface area contributed by atoms with E-state index < -0.39 is 17.5 Å². The molecule has 1 aliphatic carbocycles. The van der Waals surface area contributed by atoms with Gasteiger partial charge in [-0.25, -0.2) is 13.2 Å². The Labute approximate surface area is 126 Å². The van der Waals surface area contributed by atoms with E-state index in [0.717, 1.165) is 12.8 Å². The number of rotatable bonds is 5. The number of hydrogen-bond donors (Lipinski definition) is 0. The SMILES string of the molecule is Fc1cc(F)c(-c2ccccc2)c(F)c1CON=CC1CC1. The van der Waals surface area contributed by atoms with Gasteiger partial charge in [-0.1, -0.05) is 35.5 Å². The maximum absolute atomic E-state index is 14.5. The van der Waals surface area contributed by atoms with Crippen molar-refractivity contribution >= 4 is 6.21 Å². The zero-order chi connectivity index (χ0) is 15.5. The highest BCUT2D eigenvalue weighted by atomic mass is 19.1. The van der Waals surface area contributed by atoms with E-state index in [0.29, 0.717) is 17.5 Å². The lowest BCUT2D eigenvalue weighted by atomic mass is 10.0. The summed E-state index contributed by atoms with van der Waals surface area (Å²) >= 11 is 0. The minimum Gasteiger partial charge on any atom is -0.391 e. The van der Waals surface area contributed by atoms with Gasteiger partial charge in [0.05, 0.1) is 11.1 Å². The predicted octanol–water partition coefficient (Wildman–Crippen LogP) is 4.68. The minimum atomic E-state index is -0.976. The van der Waals surface area contributed by atoms with Crippen molar-refractivity contribution in [1.82, 2.24) is 0 Å². The van der Waals surface area contributed by atoms with Crippen molar-refractivity contribution in [1.29, 1.82) is 0 Å². The summed E-state index contributed by atoms with van der Waals surface area (Å²) in [4.78, 5) is 4.93. The van der Waals surface area contributed by atoms with Crippen LogP contribution in [0.5, 0.6) is 0 Å². The Bertz CT molecular complexity index is 697. The lowest BCUT2D eigenvalue weighted by Crippen LogP contribution is -2.02. The molecule has 2 nitrogen and oxygen atoms in total. The van der Waals surface area contributed by atoms with E-state index in [2.05, 4.69) is 5.16 Å². The molecular formula is C17H14F3NO. The molecule has 0 spiro atoms. The zero-order valence-corrected chi connectivity index (χ0v) is 11.7. The van der Waals surface area contributed by atoms with Crippen LogP contribution >= 0.6 is 0 Å². The van der Waals surface area contributed by atoms with Gasteiger partial charge < -0.3 is 4.84 Å². The van der Waals surface area contributed by atoms with Crippen LogP contribution in [0.3, 0.4) is 0 Å². The molecule has 0 amide bonds. The Morgan fingerprint density at radius 1 is 1.09 bits per heavy atom. The van der Waals surface area contributed by atoms with Gasteiger partial charge in [0.1, 0.15) is 24.1 Å². The molecule has 0 atom stereocenters. The van der Waals surface area contributed by atoms with Crippen LogP contribution < -0.4 is 0 Å². The number of hydrogen-bond acceptors (Lipinski definition) is 2. The van der Waals surface area contributed by atoms with Crippen LogP contribution in [0.4, 0.5) is 13.2 Å². The van der Waals surface area contributed by atoms with Gasteiger partial charge in [-0.3, -0.25) is 0 Å². The molecule has 2 aromatic rings. The molecule has 114 valence electrons. The molecule has 1 fully saturated rings. The Balaban J connectivity index is 1.89. The molecule has 5 heteroatoms. The molecule has 2 aromatic carbocycles. The summed E-state index contributed by atoms with van der Waals surface area (Å²) in [6.07, 6.45) is 3.74. The fourth-order valence-corrected chi connectivity index (χ4v) is 2.11. The molecule has 1 aliphatic rings. The van der Waals surface area contributed by atoms with E-state index in [9.17, 15) is 13.2 Å². The first-order chi connectivity index (χ1) is 10.7. The van der Waals surface area contributed by atoms with Gasteiger partial charge >= 0.3 is 0 Å². The Hall–Kier alpha value is -2.30. The van der Waals surface area contributed by atoms with Gasteiger partial charge in [-0.2, -0.15) is 0 Å². The average Bonchev–Trinajstić information content (AvgIpc) is 3.31. The van der Waals surface area contributed by atoms with Crippen LogP contribution in [0, 0.1) is 23.4 Å². The van der Waals surface area contributed by atoms with Gasteiger partial charge in [-0.15, -0.1) is 0 Å². The Morgan fingerprint density at radius 3 is 2.50 bits per heavy atom. The summed E-state index contributed by atoms with van der Waals surface area (Å²) in [6.45, 7) is -0.374. The summed E-state index contributed by atoms with van der Waals surface area (Å²) in [6, 6.07) is 8.86. The number of nitrogens with zero attached hydrogens (tertiary/aromatic N) is 1. The monoisotopic (exact) mass is 305 g/mol. The van der Waals surface area contributed by atoms with E-state index in [4.69, 9.17) is 4.84 Å². The molecule has 0 radical (unpaired) electrons. The third-order valence-corrected chi connectivity index (χ3v) is 3.50. The third kappa shape index (κ3) is 3.13. The lowest BCUT2D eigenvalue weighted by molar-refractivity contribution is 0.125. The summed E-state index contributed by atoms with van der Waals surface area (Å²) in [5.41, 5.74) is -0.236. The molecule has 0 aromatic heterocycles. The molecule has 0 unspecified atom stereocenters. The van der Waals surface area contributed by atoms with E-state index in [1.807, 2.05) is 0 Å². The second-order valence-corrected chi connectivity index (χ2v) is 5.24. The molecule has 0 saturated heterocycles. The summed E-state index contributed by atoms with van der Waals surface area (Å²) in [7, 11) is 0. The third-order valence-electron chi connectivity index (χ3n) is 3.50. The highest BCUT2D eigenvalue weighted by Gasteiger charge is 2.21. The van der Waals surface area contributed by atoms with E-state index in [1.165, 1.54) is 0 Å². The Kier molecular flexibility index (Phi) is 4.13. The average molecular weight is 305 g/mol. The van der Waals surface area contributed by atoms with Gasteiger partial charge in [-0.05, 0) is 24.3 Å². The van der Waals surface area contributed by atoms with E-state index in [1.54, 1.807) is 36.5 Å².